The SMILES string of the molecule is CN1CC(NC(=O)CC(C)(C)C)CC1=O. The van der Waals surface area contributed by atoms with Gasteiger partial charge in [0.2, 0.25) is 11.8 Å². The summed E-state index contributed by atoms with van der Waals surface area (Å²) in [4.78, 5) is 24.5. The number of hydrogen-bond donors (Lipinski definition) is 1. The Morgan fingerprint density at radius 2 is 2.13 bits per heavy atom. The summed E-state index contributed by atoms with van der Waals surface area (Å²) in [6, 6.07) is -0.00245. The molecule has 1 fully saturated rings. The first-order valence-electron chi connectivity index (χ1n) is 5.31. The molecule has 1 rings (SSSR count). The van der Waals surface area contributed by atoms with Crippen LogP contribution in [0, 0.1) is 5.41 Å². The first-order chi connectivity index (χ1) is 6.78. The van der Waals surface area contributed by atoms with Gasteiger partial charge in [0, 0.05) is 26.4 Å². The molecule has 0 aliphatic carbocycles. The van der Waals surface area contributed by atoms with Gasteiger partial charge in [0.05, 0.1) is 6.04 Å². The average molecular weight is 212 g/mol. The maximum Gasteiger partial charge on any atom is 0.224 e. The zero-order valence-electron chi connectivity index (χ0n) is 9.96. The predicted molar refractivity (Wildman–Crippen MR) is 58.3 cm³/mol. The first kappa shape index (κ1) is 12.0. The average Bonchev–Trinajstić information content (AvgIpc) is 2.26. The van der Waals surface area contributed by atoms with Gasteiger partial charge < -0.3 is 10.2 Å². The van der Waals surface area contributed by atoms with E-state index in [-0.39, 0.29) is 23.3 Å². The molecule has 86 valence electrons. The van der Waals surface area contributed by atoms with Crippen molar-refractivity contribution in [2.75, 3.05) is 13.6 Å². The molecule has 1 aliphatic heterocycles. The van der Waals surface area contributed by atoms with Crippen molar-refractivity contribution in [2.24, 2.45) is 5.41 Å². The fraction of sp³-hybridized carbons (Fsp3) is 0.818. The second-order valence-corrected chi connectivity index (χ2v) is 5.48. The van der Waals surface area contributed by atoms with Crippen LogP contribution in [0.25, 0.3) is 0 Å². The summed E-state index contributed by atoms with van der Waals surface area (Å²) in [6.45, 7) is 6.71. The van der Waals surface area contributed by atoms with Crippen LogP contribution in [0.15, 0.2) is 0 Å². The molecule has 4 heteroatoms. The molecule has 1 atom stereocenters. The van der Waals surface area contributed by atoms with Crippen molar-refractivity contribution < 1.29 is 9.59 Å². The summed E-state index contributed by atoms with van der Waals surface area (Å²) in [6.07, 6.45) is 0.938. The highest BCUT2D eigenvalue weighted by Crippen LogP contribution is 2.18. The second kappa shape index (κ2) is 4.21. The van der Waals surface area contributed by atoms with Crippen molar-refractivity contribution in [2.45, 2.75) is 39.7 Å². The summed E-state index contributed by atoms with van der Waals surface area (Å²) in [7, 11) is 1.76. The van der Waals surface area contributed by atoms with Crippen LogP contribution in [0.3, 0.4) is 0 Å². The van der Waals surface area contributed by atoms with E-state index in [1.54, 1.807) is 11.9 Å². The molecule has 0 radical (unpaired) electrons. The third-order valence-electron chi connectivity index (χ3n) is 2.40. The number of carbonyl (C=O) groups excluding carboxylic acids is 2. The Bertz CT molecular complexity index is 268. The number of nitrogens with one attached hydrogen (secondary N) is 1. The molecule has 0 spiro atoms. The molecule has 0 aromatic carbocycles. The van der Waals surface area contributed by atoms with Gasteiger partial charge in [0.25, 0.3) is 0 Å². The largest absolute Gasteiger partial charge is 0.351 e. The van der Waals surface area contributed by atoms with Crippen LogP contribution in [0.5, 0.6) is 0 Å². The minimum absolute atomic E-state index is 0.00139. The highest BCUT2D eigenvalue weighted by molar-refractivity contribution is 5.82. The number of hydrogen-bond acceptors (Lipinski definition) is 2. The third kappa shape index (κ3) is 3.90. The van der Waals surface area contributed by atoms with Crippen LogP contribution in [0.1, 0.15) is 33.6 Å². The summed E-state index contributed by atoms with van der Waals surface area (Å²) in [5, 5.41) is 2.89. The molecular formula is C11H20N2O2. The van der Waals surface area contributed by atoms with Gasteiger partial charge in [-0.1, -0.05) is 20.8 Å². The summed E-state index contributed by atoms with van der Waals surface area (Å²) in [5.41, 5.74) is -0.00139. The number of amides is 2. The van der Waals surface area contributed by atoms with Gasteiger partial charge >= 0.3 is 0 Å². The molecule has 1 heterocycles. The number of rotatable bonds is 2. The van der Waals surface area contributed by atoms with Crippen molar-refractivity contribution in [1.82, 2.24) is 10.2 Å². The Hall–Kier alpha value is -1.06. The van der Waals surface area contributed by atoms with E-state index in [2.05, 4.69) is 5.32 Å². The van der Waals surface area contributed by atoms with Gasteiger partial charge in [0.15, 0.2) is 0 Å². The maximum atomic E-state index is 11.6. The predicted octanol–water partition coefficient (Wildman–Crippen LogP) is 0.769. The van der Waals surface area contributed by atoms with E-state index in [1.165, 1.54) is 0 Å². The lowest BCUT2D eigenvalue weighted by molar-refractivity contribution is -0.126. The molecule has 1 unspecified atom stereocenters. The van der Waals surface area contributed by atoms with Gasteiger partial charge in [-0.2, -0.15) is 0 Å². The number of likely N-dealkylation sites (tertiary alicyclic amines) is 1. The Morgan fingerprint density at radius 1 is 1.53 bits per heavy atom. The minimum Gasteiger partial charge on any atom is -0.351 e. The molecular weight excluding hydrogens is 192 g/mol. The second-order valence-electron chi connectivity index (χ2n) is 5.48. The van der Waals surface area contributed by atoms with E-state index in [9.17, 15) is 9.59 Å². The van der Waals surface area contributed by atoms with Crippen molar-refractivity contribution in [3.63, 3.8) is 0 Å². The molecule has 0 aromatic rings. The van der Waals surface area contributed by atoms with E-state index in [4.69, 9.17) is 0 Å². The normalized spacial score (nSPS) is 22.0. The lowest BCUT2D eigenvalue weighted by atomic mass is 9.92. The maximum absolute atomic E-state index is 11.6. The lowest BCUT2D eigenvalue weighted by Gasteiger charge is -2.19. The van der Waals surface area contributed by atoms with Crippen molar-refractivity contribution in [1.29, 1.82) is 0 Å². The van der Waals surface area contributed by atoms with E-state index < -0.39 is 0 Å². The smallest absolute Gasteiger partial charge is 0.224 e. The fourth-order valence-corrected chi connectivity index (χ4v) is 1.72. The van der Waals surface area contributed by atoms with Crippen molar-refractivity contribution in [3.8, 4) is 0 Å². The topological polar surface area (TPSA) is 49.4 Å². The van der Waals surface area contributed by atoms with E-state index in [1.807, 2.05) is 20.8 Å². The molecule has 0 saturated carbocycles. The Balaban J connectivity index is 2.37. The quantitative estimate of drug-likeness (QED) is 0.735. The van der Waals surface area contributed by atoms with Crippen molar-refractivity contribution >= 4 is 11.8 Å². The molecule has 4 nitrogen and oxygen atoms in total. The number of nitrogens with zero attached hydrogens (tertiary/aromatic N) is 1. The highest BCUT2D eigenvalue weighted by Gasteiger charge is 2.28. The standard InChI is InChI=1S/C11H20N2O2/c1-11(2,3)6-9(14)12-8-5-10(15)13(4)7-8/h8H,5-7H2,1-4H3,(H,12,14). The number of likely N-dealkylation sites (N-methyl/N-ethyl adjacent to an activating group) is 1. The Morgan fingerprint density at radius 3 is 2.53 bits per heavy atom. The van der Waals surface area contributed by atoms with Crippen LogP contribution in [-0.4, -0.2) is 36.3 Å². The molecule has 0 aromatic heterocycles. The van der Waals surface area contributed by atoms with Crippen LogP contribution >= 0.6 is 0 Å². The van der Waals surface area contributed by atoms with Gasteiger partial charge in [0.1, 0.15) is 0 Å². The Kier molecular flexibility index (Phi) is 3.37. The lowest BCUT2D eigenvalue weighted by Crippen LogP contribution is -2.38. The van der Waals surface area contributed by atoms with Crippen LogP contribution in [0.2, 0.25) is 0 Å². The highest BCUT2D eigenvalue weighted by atomic mass is 16.2. The number of carbonyl (C=O) groups is 2. The first-order valence-corrected chi connectivity index (χ1v) is 5.31. The van der Waals surface area contributed by atoms with Gasteiger partial charge in [-0.05, 0) is 5.41 Å². The molecule has 1 aliphatic rings. The summed E-state index contributed by atoms with van der Waals surface area (Å²) < 4.78 is 0. The van der Waals surface area contributed by atoms with Crippen LogP contribution in [0.4, 0.5) is 0 Å². The van der Waals surface area contributed by atoms with Crippen molar-refractivity contribution in [3.05, 3.63) is 0 Å². The minimum atomic E-state index is -0.00245. The molecule has 2 amide bonds. The van der Waals surface area contributed by atoms with Gasteiger partial charge in [-0.3, -0.25) is 9.59 Å². The Labute approximate surface area is 91.0 Å². The fourth-order valence-electron chi connectivity index (χ4n) is 1.72. The summed E-state index contributed by atoms with van der Waals surface area (Å²) >= 11 is 0. The van der Waals surface area contributed by atoms with Gasteiger partial charge in [-0.25, -0.2) is 0 Å². The van der Waals surface area contributed by atoms with Crippen LogP contribution < -0.4 is 5.32 Å². The molecule has 1 saturated heterocycles. The molecule has 0 bridgehead atoms. The molecule has 1 N–H and O–H groups in total. The van der Waals surface area contributed by atoms with E-state index in [0.29, 0.717) is 19.4 Å². The molecule has 15 heavy (non-hydrogen) atoms. The zero-order valence-corrected chi connectivity index (χ0v) is 9.96. The van der Waals surface area contributed by atoms with E-state index >= 15 is 0 Å². The van der Waals surface area contributed by atoms with E-state index in [0.717, 1.165) is 0 Å². The van der Waals surface area contributed by atoms with Crippen LogP contribution in [-0.2, 0) is 9.59 Å². The monoisotopic (exact) mass is 212 g/mol. The third-order valence-corrected chi connectivity index (χ3v) is 2.40. The zero-order chi connectivity index (χ0) is 11.6. The van der Waals surface area contributed by atoms with Gasteiger partial charge in [-0.15, -0.1) is 0 Å². The summed E-state index contributed by atoms with van der Waals surface area (Å²) in [5.74, 6) is 0.145.